The van der Waals surface area contributed by atoms with E-state index in [0.29, 0.717) is 12.0 Å². The molecule has 0 spiro atoms. The summed E-state index contributed by atoms with van der Waals surface area (Å²) in [6.07, 6.45) is 4.12. The fraction of sp³-hybridized carbons (Fsp3) is 0.583. The molecule has 1 aliphatic heterocycles. The Morgan fingerprint density at radius 3 is 3.19 bits per heavy atom. The molecule has 1 N–H and O–H groups in total. The number of likely N-dealkylation sites (tertiary alicyclic amines) is 1. The van der Waals surface area contributed by atoms with Crippen molar-refractivity contribution >= 4 is 5.91 Å². The van der Waals surface area contributed by atoms with Gasteiger partial charge in [0.2, 0.25) is 0 Å². The highest BCUT2D eigenvalue weighted by atomic mass is 16.3. The molecule has 0 saturated carbocycles. The molecule has 0 unspecified atom stereocenters. The van der Waals surface area contributed by atoms with Crippen LogP contribution in [-0.4, -0.2) is 35.1 Å². The van der Waals surface area contributed by atoms with Crippen molar-refractivity contribution < 1.29 is 14.3 Å². The third-order valence-corrected chi connectivity index (χ3v) is 3.15. The summed E-state index contributed by atoms with van der Waals surface area (Å²) in [7, 11) is 0. The third-order valence-electron chi connectivity index (χ3n) is 3.15. The van der Waals surface area contributed by atoms with Crippen molar-refractivity contribution in [1.82, 2.24) is 4.90 Å². The van der Waals surface area contributed by atoms with Crippen molar-refractivity contribution in [2.24, 2.45) is 0 Å². The fourth-order valence-electron chi connectivity index (χ4n) is 2.25. The van der Waals surface area contributed by atoms with Crippen molar-refractivity contribution in [3.63, 3.8) is 0 Å². The van der Waals surface area contributed by atoms with Gasteiger partial charge in [0.15, 0.2) is 0 Å². The summed E-state index contributed by atoms with van der Waals surface area (Å²) in [6, 6.07) is 1.69. The first-order valence-electron chi connectivity index (χ1n) is 5.76. The van der Waals surface area contributed by atoms with Crippen LogP contribution in [0.1, 0.15) is 35.9 Å². The van der Waals surface area contributed by atoms with Crippen molar-refractivity contribution in [3.8, 4) is 0 Å². The molecule has 1 aromatic rings. The Balaban J connectivity index is 2.18. The molecule has 1 saturated heterocycles. The summed E-state index contributed by atoms with van der Waals surface area (Å²) in [6.45, 7) is 2.74. The lowest BCUT2D eigenvalue weighted by Gasteiger charge is -2.22. The van der Waals surface area contributed by atoms with E-state index in [4.69, 9.17) is 4.42 Å². The average molecular weight is 223 g/mol. The lowest BCUT2D eigenvalue weighted by molar-refractivity contribution is 0.0675. The second-order valence-electron chi connectivity index (χ2n) is 4.09. The Morgan fingerprint density at radius 1 is 1.69 bits per heavy atom. The maximum Gasteiger partial charge on any atom is 0.257 e. The Hall–Kier alpha value is -1.29. The summed E-state index contributed by atoms with van der Waals surface area (Å²) in [4.78, 5) is 14.0. The van der Waals surface area contributed by atoms with Gasteiger partial charge in [-0.05, 0) is 18.9 Å². The minimum atomic E-state index is -0.0212. The molecule has 4 nitrogen and oxygen atoms in total. The maximum atomic E-state index is 12.2. The standard InChI is InChI=1S/C12H17NO3/c1-2-11-10(5-7-16-11)12(15)13-6-3-4-9(13)8-14/h5,7,9,14H,2-4,6,8H2,1H3/t9-/m0/s1. The molecular formula is C12H17NO3. The van der Waals surface area contributed by atoms with Crippen LogP contribution in [0.3, 0.4) is 0 Å². The number of aliphatic hydroxyl groups is 1. The third kappa shape index (κ3) is 1.85. The molecule has 1 aliphatic rings. The van der Waals surface area contributed by atoms with Crippen molar-refractivity contribution in [2.45, 2.75) is 32.2 Å². The van der Waals surface area contributed by atoms with E-state index in [-0.39, 0.29) is 18.6 Å². The van der Waals surface area contributed by atoms with Crippen LogP contribution < -0.4 is 0 Å². The van der Waals surface area contributed by atoms with E-state index in [9.17, 15) is 9.90 Å². The number of aryl methyl sites for hydroxylation is 1. The smallest absolute Gasteiger partial charge is 0.257 e. The van der Waals surface area contributed by atoms with Gasteiger partial charge in [-0.15, -0.1) is 0 Å². The van der Waals surface area contributed by atoms with Crippen molar-refractivity contribution in [2.75, 3.05) is 13.2 Å². The van der Waals surface area contributed by atoms with Crippen LogP contribution in [0.25, 0.3) is 0 Å². The maximum absolute atomic E-state index is 12.2. The molecule has 0 radical (unpaired) electrons. The van der Waals surface area contributed by atoms with E-state index < -0.39 is 0 Å². The van der Waals surface area contributed by atoms with Gasteiger partial charge in [0.05, 0.1) is 24.5 Å². The predicted octanol–water partition coefficient (Wildman–Crippen LogP) is 1.44. The van der Waals surface area contributed by atoms with Gasteiger partial charge >= 0.3 is 0 Å². The lowest BCUT2D eigenvalue weighted by Crippen LogP contribution is -2.37. The molecular weight excluding hydrogens is 206 g/mol. The van der Waals surface area contributed by atoms with E-state index in [1.807, 2.05) is 6.92 Å². The van der Waals surface area contributed by atoms with Gasteiger partial charge in [-0.25, -0.2) is 0 Å². The fourth-order valence-corrected chi connectivity index (χ4v) is 2.25. The SMILES string of the molecule is CCc1occc1C(=O)N1CCC[C@H]1CO. The largest absolute Gasteiger partial charge is 0.469 e. The monoisotopic (exact) mass is 223 g/mol. The molecule has 1 amide bonds. The zero-order chi connectivity index (χ0) is 11.5. The van der Waals surface area contributed by atoms with Crippen LogP contribution in [-0.2, 0) is 6.42 Å². The molecule has 1 atom stereocenters. The normalized spacial score (nSPS) is 20.4. The molecule has 0 aromatic carbocycles. The number of carbonyl (C=O) groups excluding carboxylic acids is 1. The minimum Gasteiger partial charge on any atom is -0.469 e. The molecule has 2 heterocycles. The number of hydrogen-bond donors (Lipinski definition) is 1. The Labute approximate surface area is 94.9 Å². The van der Waals surface area contributed by atoms with Crippen molar-refractivity contribution in [3.05, 3.63) is 23.7 Å². The second-order valence-corrected chi connectivity index (χ2v) is 4.09. The molecule has 1 aromatic heterocycles. The Bertz CT molecular complexity index is 372. The van der Waals surface area contributed by atoms with Crippen LogP contribution in [0, 0.1) is 0 Å². The van der Waals surface area contributed by atoms with Gasteiger partial charge in [-0.2, -0.15) is 0 Å². The van der Waals surface area contributed by atoms with Gasteiger partial charge in [0.1, 0.15) is 5.76 Å². The Morgan fingerprint density at radius 2 is 2.50 bits per heavy atom. The van der Waals surface area contributed by atoms with Crippen molar-refractivity contribution in [1.29, 1.82) is 0 Å². The molecule has 0 bridgehead atoms. The molecule has 1 fully saturated rings. The van der Waals surface area contributed by atoms with Gasteiger partial charge < -0.3 is 14.4 Å². The lowest BCUT2D eigenvalue weighted by atomic mass is 10.1. The number of aliphatic hydroxyl groups excluding tert-OH is 1. The van der Waals surface area contributed by atoms with Gasteiger partial charge in [-0.1, -0.05) is 6.92 Å². The molecule has 2 rings (SSSR count). The predicted molar refractivity (Wildman–Crippen MR) is 59.2 cm³/mol. The summed E-state index contributed by atoms with van der Waals surface area (Å²) in [5, 5.41) is 9.19. The van der Waals surface area contributed by atoms with Crippen LogP contribution in [0.2, 0.25) is 0 Å². The first kappa shape index (κ1) is 11.2. The zero-order valence-corrected chi connectivity index (χ0v) is 9.48. The van der Waals surface area contributed by atoms with Gasteiger partial charge in [-0.3, -0.25) is 4.79 Å². The number of rotatable bonds is 3. The summed E-state index contributed by atoms with van der Waals surface area (Å²) in [5.74, 6) is 0.718. The molecule has 88 valence electrons. The van der Waals surface area contributed by atoms with Gasteiger partial charge in [0.25, 0.3) is 5.91 Å². The summed E-state index contributed by atoms with van der Waals surface area (Å²) >= 11 is 0. The summed E-state index contributed by atoms with van der Waals surface area (Å²) < 4.78 is 5.25. The summed E-state index contributed by atoms with van der Waals surface area (Å²) in [5.41, 5.74) is 0.642. The number of furan rings is 1. The molecule has 4 heteroatoms. The highest BCUT2D eigenvalue weighted by molar-refractivity contribution is 5.95. The molecule has 16 heavy (non-hydrogen) atoms. The van der Waals surface area contributed by atoms with Gasteiger partial charge in [0, 0.05) is 13.0 Å². The number of amides is 1. The number of hydrogen-bond acceptors (Lipinski definition) is 3. The van der Waals surface area contributed by atoms with E-state index in [2.05, 4.69) is 0 Å². The molecule has 0 aliphatic carbocycles. The van der Waals surface area contributed by atoms with E-state index in [1.54, 1.807) is 17.2 Å². The Kier molecular flexibility index (Phi) is 3.29. The minimum absolute atomic E-state index is 0.0119. The van der Waals surface area contributed by atoms with Crippen LogP contribution in [0.4, 0.5) is 0 Å². The quantitative estimate of drug-likeness (QED) is 0.843. The topological polar surface area (TPSA) is 53.7 Å². The van der Waals surface area contributed by atoms with E-state index >= 15 is 0 Å². The highest BCUT2D eigenvalue weighted by Gasteiger charge is 2.30. The zero-order valence-electron chi connectivity index (χ0n) is 9.48. The first-order chi connectivity index (χ1) is 7.77. The number of nitrogens with zero attached hydrogens (tertiary/aromatic N) is 1. The van der Waals surface area contributed by atoms with Crippen LogP contribution in [0.5, 0.6) is 0 Å². The van der Waals surface area contributed by atoms with E-state index in [0.717, 1.165) is 25.1 Å². The average Bonchev–Trinajstić information content (AvgIpc) is 2.96. The van der Waals surface area contributed by atoms with Crippen LogP contribution >= 0.6 is 0 Å². The van der Waals surface area contributed by atoms with E-state index in [1.165, 1.54) is 0 Å². The second kappa shape index (κ2) is 4.70. The van der Waals surface area contributed by atoms with Crippen LogP contribution in [0.15, 0.2) is 16.7 Å². The highest BCUT2D eigenvalue weighted by Crippen LogP contribution is 2.22. The number of carbonyl (C=O) groups is 1. The first-order valence-corrected chi connectivity index (χ1v) is 5.76.